The van der Waals surface area contributed by atoms with Crippen LogP contribution in [0.3, 0.4) is 0 Å². The van der Waals surface area contributed by atoms with E-state index in [1.54, 1.807) is 11.8 Å². The molecule has 0 aliphatic rings. The molecule has 0 spiro atoms. The summed E-state index contributed by atoms with van der Waals surface area (Å²) in [6.45, 7) is 5.92. The zero-order chi connectivity index (χ0) is 13.1. The third-order valence-electron chi connectivity index (χ3n) is 2.61. The highest BCUT2D eigenvalue weighted by atomic mass is 35.5. The lowest BCUT2D eigenvalue weighted by Crippen LogP contribution is -1.95. The van der Waals surface area contributed by atoms with Gasteiger partial charge in [-0.2, -0.15) is 0 Å². The molecule has 0 amide bonds. The van der Waals surface area contributed by atoms with E-state index in [-0.39, 0.29) is 0 Å². The minimum absolute atomic E-state index is 0.550. The van der Waals surface area contributed by atoms with Crippen LogP contribution < -0.4 is 0 Å². The zero-order valence-corrected chi connectivity index (χ0v) is 12.3. The number of aromatic nitrogens is 2. The van der Waals surface area contributed by atoms with Crippen LogP contribution >= 0.6 is 23.4 Å². The van der Waals surface area contributed by atoms with E-state index >= 15 is 0 Å². The first kappa shape index (κ1) is 13.4. The summed E-state index contributed by atoms with van der Waals surface area (Å²) in [6, 6.07) is 8.50. The van der Waals surface area contributed by atoms with Crippen LogP contribution in [0.15, 0.2) is 29.3 Å². The lowest BCUT2D eigenvalue weighted by atomic mass is 10.2. The molecule has 0 fully saturated rings. The minimum Gasteiger partial charge on any atom is -0.227 e. The van der Waals surface area contributed by atoms with Gasteiger partial charge in [0.1, 0.15) is 16.0 Å². The normalized spacial score (nSPS) is 10.7. The summed E-state index contributed by atoms with van der Waals surface area (Å²) < 4.78 is 0. The first-order chi connectivity index (χ1) is 8.56. The van der Waals surface area contributed by atoms with E-state index in [0.29, 0.717) is 5.15 Å². The van der Waals surface area contributed by atoms with E-state index in [1.807, 2.05) is 13.8 Å². The number of thioether (sulfide) groups is 1. The van der Waals surface area contributed by atoms with E-state index in [0.717, 1.165) is 22.2 Å². The number of nitrogens with zero attached hydrogens (tertiary/aromatic N) is 2. The van der Waals surface area contributed by atoms with Gasteiger partial charge in [-0.15, -0.1) is 11.8 Å². The van der Waals surface area contributed by atoms with Crippen molar-refractivity contribution in [2.45, 2.75) is 31.6 Å². The Labute approximate surface area is 117 Å². The molecular formula is C14H15ClN2S. The second kappa shape index (κ2) is 5.72. The molecule has 0 saturated carbocycles. The van der Waals surface area contributed by atoms with Gasteiger partial charge in [0.15, 0.2) is 0 Å². The predicted octanol–water partition coefficient (Wildman–Crippen LogP) is 4.35. The Balaban J connectivity index is 2.15. The van der Waals surface area contributed by atoms with E-state index in [4.69, 9.17) is 11.6 Å². The number of halogens is 1. The summed E-state index contributed by atoms with van der Waals surface area (Å²) >= 11 is 7.76. The first-order valence-corrected chi connectivity index (χ1v) is 7.11. The van der Waals surface area contributed by atoms with Crippen molar-refractivity contribution in [2.75, 3.05) is 0 Å². The molecule has 1 aromatic heterocycles. The van der Waals surface area contributed by atoms with E-state index in [1.165, 1.54) is 11.1 Å². The molecule has 0 bridgehead atoms. The molecule has 2 aromatic rings. The maximum atomic E-state index is 6.06. The third kappa shape index (κ3) is 3.24. The Kier molecular flexibility index (Phi) is 4.25. The van der Waals surface area contributed by atoms with Crippen LogP contribution in [0.25, 0.3) is 0 Å². The SMILES string of the molecule is Cc1cccc(CSc2nc(C)nc(Cl)c2C)c1. The number of rotatable bonds is 3. The maximum absolute atomic E-state index is 6.06. The van der Waals surface area contributed by atoms with Crippen molar-refractivity contribution in [1.82, 2.24) is 9.97 Å². The fraction of sp³-hybridized carbons (Fsp3) is 0.286. The molecule has 2 rings (SSSR count). The molecule has 0 aliphatic heterocycles. The van der Waals surface area contributed by atoms with Crippen molar-refractivity contribution in [1.29, 1.82) is 0 Å². The van der Waals surface area contributed by atoms with Crippen LogP contribution in [0, 0.1) is 20.8 Å². The van der Waals surface area contributed by atoms with Gasteiger partial charge < -0.3 is 0 Å². The molecule has 18 heavy (non-hydrogen) atoms. The first-order valence-electron chi connectivity index (χ1n) is 5.75. The summed E-state index contributed by atoms with van der Waals surface area (Å²) in [5, 5.41) is 1.52. The highest BCUT2D eigenvalue weighted by molar-refractivity contribution is 7.98. The van der Waals surface area contributed by atoms with Gasteiger partial charge in [-0.3, -0.25) is 0 Å². The van der Waals surface area contributed by atoms with Crippen molar-refractivity contribution >= 4 is 23.4 Å². The Hall–Kier alpha value is -1.06. The second-order valence-electron chi connectivity index (χ2n) is 4.27. The molecule has 4 heteroatoms. The fourth-order valence-electron chi connectivity index (χ4n) is 1.66. The molecule has 0 radical (unpaired) electrons. The minimum atomic E-state index is 0.550. The Morgan fingerprint density at radius 3 is 2.67 bits per heavy atom. The molecule has 1 heterocycles. The third-order valence-corrected chi connectivity index (χ3v) is 4.13. The Morgan fingerprint density at radius 1 is 1.17 bits per heavy atom. The number of benzene rings is 1. The van der Waals surface area contributed by atoms with Crippen molar-refractivity contribution < 1.29 is 0 Å². The number of hydrogen-bond acceptors (Lipinski definition) is 3. The monoisotopic (exact) mass is 278 g/mol. The fourth-order valence-corrected chi connectivity index (χ4v) is 2.92. The van der Waals surface area contributed by atoms with Gasteiger partial charge in [0.05, 0.1) is 0 Å². The van der Waals surface area contributed by atoms with Gasteiger partial charge in [-0.1, -0.05) is 41.4 Å². The quantitative estimate of drug-likeness (QED) is 0.617. The zero-order valence-electron chi connectivity index (χ0n) is 10.7. The van der Waals surface area contributed by atoms with Crippen molar-refractivity contribution in [3.8, 4) is 0 Å². The molecule has 0 unspecified atom stereocenters. The van der Waals surface area contributed by atoms with Crippen LogP contribution in [-0.4, -0.2) is 9.97 Å². The largest absolute Gasteiger partial charge is 0.227 e. The summed E-state index contributed by atoms with van der Waals surface area (Å²) in [7, 11) is 0. The molecule has 0 aliphatic carbocycles. The summed E-state index contributed by atoms with van der Waals surface area (Å²) in [5.74, 6) is 1.62. The molecule has 1 aromatic carbocycles. The van der Waals surface area contributed by atoms with Crippen molar-refractivity contribution in [2.24, 2.45) is 0 Å². The van der Waals surface area contributed by atoms with Crippen molar-refractivity contribution in [3.63, 3.8) is 0 Å². The molecule has 94 valence electrons. The van der Waals surface area contributed by atoms with Crippen LogP contribution in [0.2, 0.25) is 5.15 Å². The van der Waals surface area contributed by atoms with E-state index < -0.39 is 0 Å². The van der Waals surface area contributed by atoms with Gasteiger partial charge in [-0.05, 0) is 26.3 Å². The molecule has 0 saturated heterocycles. The van der Waals surface area contributed by atoms with Crippen LogP contribution in [0.4, 0.5) is 0 Å². The van der Waals surface area contributed by atoms with Gasteiger partial charge in [0.2, 0.25) is 0 Å². The van der Waals surface area contributed by atoms with Gasteiger partial charge in [0, 0.05) is 11.3 Å². The van der Waals surface area contributed by atoms with Crippen LogP contribution in [0.5, 0.6) is 0 Å². The van der Waals surface area contributed by atoms with E-state index in [9.17, 15) is 0 Å². The number of aryl methyl sites for hydroxylation is 2. The maximum Gasteiger partial charge on any atom is 0.136 e. The topological polar surface area (TPSA) is 25.8 Å². The van der Waals surface area contributed by atoms with Gasteiger partial charge >= 0.3 is 0 Å². The standard InChI is InChI=1S/C14H15ClN2S/c1-9-5-4-6-12(7-9)8-18-14-10(2)13(15)16-11(3)17-14/h4-7H,8H2,1-3H3. The van der Waals surface area contributed by atoms with E-state index in [2.05, 4.69) is 41.2 Å². The smallest absolute Gasteiger partial charge is 0.136 e. The Bertz CT molecular complexity index is 570. The summed E-state index contributed by atoms with van der Waals surface area (Å²) in [5.41, 5.74) is 3.54. The average Bonchev–Trinajstić information content (AvgIpc) is 2.32. The Morgan fingerprint density at radius 2 is 1.94 bits per heavy atom. The molecule has 0 N–H and O–H groups in total. The van der Waals surface area contributed by atoms with Gasteiger partial charge in [0.25, 0.3) is 0 Å². The van der Waals surface area contributed by atoms with Crippen LogP contribution in [0.1, 0.15) is 22.5 Å². The van der Waals surface area contributed by atoms with Crippen LogP contribution in [-0.2, 0) is 5.75 Å². The molecule has 0 atom stereocenters. The highest BCUT2D eigenvalue weighted by Gasteiger charge is 2.08. The lowest BCUT2D eigenvalue weighted by Gasteiger charge is -2.07. The van der Waals surface area contributed by atoms with Gasteiger partial charge in [-0.25, -0.2) is 9.97 Å². The number of hydrogen-bond donors (Lipinski definition) is 0. The predicted molar refractivity (Wildman–Crippen MR) is 77.3 cm³/mol. The van der Waals surface area contributed by atoms with Crippen molar-refractivity contribution in [3.05, 3.63) is 51.9 Å². The second-order valence-corrected chi connectivity index (χ2v) is 5.59. The average molecular weight is 279 g/mol. The molecule has 2 nitrogen and oxygen atoms in total. The molecular weight excluding hydrogens is 264 g/mol. The summed E-state index contributed by atoms with van der Waals surface area (Å²) in [6.07, 6.45) is 0. The highest BCUT2D eigenvalue weighted by Crippen LogP contribution is 2.27. The summed E-state index contributed by atoms with van der Waals surface area (Å²) in [4.78, 5) is 8.58. The lowest BCUT2D eigenvalue weighted by molar-refractivity contribution is 0.938.